The molecule has 0 radical (unpaired) electrons. The minimum Gasteiger partial charge on any atom is -0.445 e. The van der Waals surface area contributed by atoms with E-state index in [2.05, 4.69) is 15.9 Å². The lowest BCUT2D eigenvalue weighted by Crippen LogP contribution is -2.43. The van der Waals surface area contributed by atoms with Crippen molar-refractivity contribution >= 4 is 22.0 Å². The molecule has 0 N–H and O–H groups in total. The van der Waals surface area contributed by atoms with Crippen LogP contribution in [0.4, 0.5) is 4.79 Å². The van der Waals surface area contributed by atoms with Gasteiger partial charge in [0.25, 0.3) is 0 Å². The van der Waals surface area contributed by atoms with Crippen molar-refractivity contribution in [1.82, 2.24) is 4.90 Å². The number of ether oxygens (including phenoxy) is 2. The summed E-state index contributed by atoms with van der Waals surface area (Å²) in [6.45, 7) is 1.95. The lowest BCUT2D eigenvalue weighted by molar-refractivity contribution is 0.0132. The normalized spacial score (nSPS) is 20.1. The summed E-state index contributed by atoms with van der Waals surface area (Å²) in [7, 11) is 0. The van der Waals surface area contributed by atoms with Crippen LogP contribution in [0.25, 0.3) is 0 Å². The molecular weight excluding hydrogens is 286 g/mol. The molecule has 1 aromatic rings. The summed E-state index contributed by atoms with van der Waals surface area (Å²) >= 11 is 3.32. The summed E-state index contributed by atoms with van der Waals surface area (Å²) in [6.07, 6.45) is -0.290. The Labute approximate surface area is 109 Å². The van der Waals surface area contributed by atoms with Crippen molar-refractivity contribution < 1.29 is 14.3 Å². The molecule has 0 bridgehead atoms. The number of morpholine rings is 1. The molecule has 5 heteroatoms. The van der Waals surface area contributed by atoms with Crippen LogP contribution in [0, 0.1) is 0 Å². The van der Waals surface area contributed by atoms with Crippen LogP contribution in [0.15, 0.2) is 30.3 Å². The average molecular weight is 300 g/mol. The molecule has 1 unspecified atom stereocenters. The summed E-state index contributed by atoms with van der Waals surface area (Å²) in [5.41, 5.74) is 0.990. The average Bonchev–Trinajstić information content (AvgIpc) is 2.37. The van der Waals surface area contributed by atoms with Crippen LogP contribution in [-0.4, -0.2) is 35.7 Å². The summed E-state index contributed by atoms with van der Waals surface area (Å²) in [6, 6.07) is 9.64. The molecule has 1 aliphatic heterocycles. The van der Waals surface area contributed by atoms with Gasteiger partial charge in [-0.25, -0.2) is 4.79 Å². The highest BCUT2D eigenvalue weighted by atomic mass is 79.9. The number of amides is 1. The molecule has 1 amide bonds. The predicted molar refractivity (Wildman–Crippen MR) is 66.9 cm³/mol. The molecule has 1 heterocycles. The summed E-state index contributed by atoms with van der Waals surface area (Å²) < 4.78 is 10.5. The predicted octanol–water partition coefficient (Wildman–Crippen LogP) is 2.38. The largest absolute Gasteiger partial charge is 0.445 e. The number of hydrogen-bond donors (Lipinski definition) is 0. The third kappa shape index (κ3) is 3.71. The van der Waals surface area contributed by atoms with Gasteiger partial charge in [-0.2, -0.15) is 0 Å². The van der Waals surface area contributed by atoms with E-state index in [0.29, 0.717) is 26.3 Å². The van der Waals surface area contributed by atoms with Crippen molar-refractivity contribution in [3.8, 4) is 0 Å². The number of benzene rings is 1. The van der Waals surface area contributed by atoms with Gasteiger partial charge in [-0.05, 0) is 5.56 Å². The molecule has 2 rings (SSSR count). The Balaban J connectivity index is 1.81. The highest BCUT2D eigenvalue weighted by molar-refractivity contribution is 9.09. The van der Waals surface area contributed by atoms with Gasteiger partial charge >= 0.3 is 6.09 Å². The Morgan fingerprint density at radius 1 is 1.47 bits per heavy atom. The van der Waals surface area contributed by atoms with E-state index < -0.39 is 0 Å². The number of nitrogens with zero attached hydrogens (tertiary/aromatic N) is 1. The van der Waals surface area contributed by atoms with Crippen molar-refractivity contribution in [2.24, 2.45) is 0 Å². The van der Waals surface area contributed by atoms with Gasteiger partial charge in [0.2, 0.25) is 0 Å². The zero-order valence-electron chi connectivity index (χ0n) is 9.34. The third-order valence-corrected chi connectivity index (χ3v) is 3.04. The summed E-state index contributed by atoms with van der Waals surface area (Å²) in [4.78, 5) is 13.4. The van der Waals surface area contributed by atoms with E-state index in [1.165, 1.54) is 0 Å². The van der Waals surface area contributed by atoms with E-state index in [1.807, 2.05) is 30.3 Å². The number of rotatable bonds is 2. The van der Waals surface area contributed by atoms with Gasteiger partial charge in [0.05, 0.1) is 13.2 Å². The van der Waals surface area contributed by atoms with Gasteiger partial charge in [-0.1, -0.05) is 46.3 Å². The molecule has 1 atom stereocenters. The van der Waals surface area contributed by atoms with Gasteiger partial charge in [0, 0.05) is 6.54 Å². The Hall–Kier alpha value is -1.07. The van der Waals surface area contributed by atoms with Crippen LogP contribution in [0.2, 0.25) is 0 Å². The van der Waals surface area contributed by atoms with Crippen LogP contribution >= 0.6 is 15.9 Å². The molecule has 1 saturated heterocycles. The number of hydrogen-bond acceptors (Lipinski definition) is 3. The molecule has 1 fully saturated rings. The third-order valence-electron chi connectivity index (χ3n) is 2.49. The Morgan fingerprint density at radius 2 is 2.24 bits per heavy atom. The molecule has 4 nitrogen and oxygen atoms in total. The van der Waals surface area contributed by atoms with Crippen molar-refractivity contribution in [3.05, 3.63) is 35.9 Å². The van der Waals surface area contributed by atoms with Crippen LogP contribution in [-0.2, 0) is 16.1 Å². The van der Waals surface area contributed by atoms with E-state index in [9.17, 15) is 4.79 Å². The first-order valence-electron chi connectivity index (χ1n) is 5.47. The standard InChI is InChI=1S/C12H14BrNO3/c13-11-8-14(6-7-16-11)12(15)17-9-10-4-2-1-3-5-10/h1-5,11H,6-9H2. The molecule has 0 saturated carbocycles. The van der Waals surface area contributed by atoms with Gasteiger partial charge in [-0.3, -0.25) is 0 Å². The summed E-state index contributed by atoms with van der Waals surface area (Å²) in [5, 5.41) is -0.0967. The van der Waals surface area contributed by atoms with Crippen molar-refractivity contribution in [3.63, 3.8) is 0 Å². The Morgan fingerprint density at radius 3 is 2.94 bits per heavy atom. The fraction of sp³-hybridized carbons (Fsp3) is 0.417. The van der Waals surface area contributed by atoms with Crippen molar-refractivity contribution in [1.29, 1.82) is 0 Å². The zero-order valence-corrected chi connectivity index (χ0v) is 10.9. The minimum atomic E-state index is -0.290. The van der Waals surface area contributed by atoms with Gasteiger partial charge < -0.3 is 14.4 Å². The van der Waals surface area contributed by atoms with Gasteiger partial charge in [0.1, 0.15) is 11.6 Å². The number of alkyl halides is 1. The molecule has 0 aliphatic carbocycles. The highest BCUT2D eigenvalue weighted by Gasteiger charge is 2.23. The SMILES string of the molecule is O=C(OCc1ccccc1)N1CCOC(Br)C1. The Bertz CT molecular complexity index is 371. The molecule has 0 aromatic heterocycles. The van der Waals surface area contributed by atoms with Crippen LogP contribution < -0.4 is 0 Å². The molecule has 92 valence electrons. The Kier molecular flexibility index (Phi) is 4.39. The van der Waals surface area contributed by atoms with Gasteiger partial charge in [-0.15, -0.1) is 0 Å². The number of carbonyl (C=O) groups excluding carboxylic acids is 1. The van der Waals surface area contributed by atoms with E-state index in [1.54, 1.807) is 4.90 Å². The molecule has 1 aromatic carbocycles. The minimum absolute atomic E-state index is 0.0967. The van der Waals surface area contributed by atoms with E-state index in [0.717, 1.165) is 5.56 Å². The van der Waals surface area contributed by atoms with Gasteiger partial charge in [0.15, 0.2) is 0 Å². The second-order valence-corrected chi connectivity index (χ2v) is 4.79. The molecular formula is C12H14BrNO3. The smallest absolute Gasteiger partial charge is 0.410 e. The van der Waals surface area contributed by atoms with Crippen molar-refractivity contribution in [2.75, 3.05) is 19.7 Å². The zero-order chi connectivity index (χ0) is 12.1. The van der Waals surface area contributed by atoms with Crippen LogP contribution in [0.1, 0.15) is 5.56 Å². The maximum atomic E-state index is 11.7. The molecule has 17 heavy (non-hydrogen) atoms. The number of carbonyl (C=O) groups is 1. The van der Waals surface area contributed by atoms with E-state index >= 15 is 0 Å². The quantitative estimate of drug-likeness (QED) is 0.787. The first-order chi connectivity index (χ1) is 8.25. The topological polar surface area (TPSA) is 38.8 Å². The first kappa shape index (κ1) is 12.4. The second kappa shape index (κ2) is 6.02. The monoisotopic (exact) mass is 299 g/mol. The van der Waals surface area contributed by atoms with E-state index in [4.69, 9.17) is 9.47 Å². The van der Waals surface area contributed by atoms with Crippen LogP contribution in [0.5, 0.6) is 0 Å². The summed E-state index contributed by atoms with van der Waals surface area (Å²) in [5.74, 6) is 0. The second-order valence-electron chi connectivity index (χ2n) is 3.77. The van der Waals surface area contributed by atoms with Crippen molar-refractivity contribution in [2.45, 2.75) is 11.6 Å². The van der Waals surface area contributed by atoms with Crippen LogP contribution in [0.3, 0.4) is 0 Å². The lowest BCUT2D eigenvalue weighted by Gasteiger charge is -2.29. The maximum Gasteiger partial charge on any atom is 0.410 e. The molecule has 1 aliphatic rings. The first-order valence-corrected chi connectivity index (χ1v) is 6.38. The molecule has 0 spiro atoms. The lowest BCUT2D eigenvalue weighted by atomic mass is 10.2. The number of halogens is 1. The fourth-order valence-electron chi connectivity index (χ4n) is 1.58. The fourth-order valence-corrected chi connectivity index (χ4v) is 2.12. The highest BCUT2D eigenvalue weighted by Crippen LogP contribution is 2.12. The van der Waals surface area contributed by atoms with E-state index in [-0.39, 0.29) is 11.1 Å². The maximum absolute atomic E-state index is 11.7.